The van der Waals surface area contributed by atoms with Gasteiger partial charge in [-0.15, -0.1) is 0 Å². The summed E-state index contributed by atoms with van der Waals surface area (Å²) < 4.78 is 5.39. The molecule has 3 nitrogen and oxygen atoms in total. The first-order valence-corrected chi connectivity index (χ1v) is 6.77. The van der Waals surface area contributed by atoms with Crippen LogP contribution in [-0.4, -0.2) is 37.7 Å². The Balaban J connectivity index is 1.90. The van der Waals surface area contributed by atoms with Gasteiger partial charge in [-0.05, 0) is 30.0 Å². The predicted molar refractivity (Wildman–Crippen MR) is 74.6 cm³/mol. The fraction of sp³-hybridized carbons (Fsp3) is 0.600. The van der Waals surface area contributed by atoms with Crippen molar-refractivity contribution in [3.05, 3.63) is 35.4 Å². The molecule has 1 heterocycles. The van der Waals surface area contributed by atoms with Gasteiger partial charge in [0, 0.05) is 26.7 Å². The summed E-state index contributed by atoms with van der Waals surface area (Å²) in [5, 5.41) is 0. The highest BCUT2D eigenvalue weighted by Gasteiger charge is 2.21. The maximum absolute atomic E-state index is 5.68. The number of rotatable bonds is 5. The highest BCUT2D eigenvalue weighted by atomic mass is 16.5. The van der Waals surface area contributed by atoms with Crippen LogP contribution in [0.4, 0.5) is 0 Å². The third-order valence-corrected chi connectivity index (χ3v) is 3.87. The summed E-state index contributed by atoms with van der Waals surface area (Å²) in [6.45, 7) is 6.09. The SMILES string of the molecule is COC1CCN(Cc2ccc(C(C)CN)cc2)C1. The quantitative estimate of drug-likeness (QED) is 0.866. The lowest BCUT2D eigenvalue weighted by molar-refractivity contribution is 0.107. The van der Waals surface area contributed by atoms with Crippen LogP contribution in [0.5, 0.6) is 0 Å². The maximum Gasteiger partial charge on any atom is 0.0710 e. The third-order valence-electron chi connectivity index (χ3n) is 3.87. The Bertz CT molecular complexity index is 363. The normalized spacial score (nSPS) is 22.3. The molecule has 1 aromatic rings. The first-order valence-electron chi connectivity index (χ1n) is 6.77. The molecule has 0 aliphatic carbocycles. The third kappa shape index (κ3) is 3.31. The second-order valence-corrected chi connectivity index (χ2v) is 5.26. The van der Waals surface area contributed by atoms with Gasteiger partial charge >= 0.3 is 0 Å². The van der Waals surface area contributed by atoms with E-state index in [0.717, 1.165) is 26.1 Å². The highest BCUT2D eigenvalue weighted by Crippen LogP contribution is 2.18. The van der Waals surface area contributed by atoms with E-state index in [1.54, 1.807) is 7.11 Å². The lowest BCUT2D eigenvalue weighted by atomic mass is 10.00. The molecule has 2 rings (SSSR count). The minimum atomic E-state index is 0.418. The molecule has 0 saturated carbocycles. The summed E-state index contributed by atoms with van der Waals surface area (Å²) in [7, 11) is 1.80. The monoisotopic (exact) mass is 248 g/mol. The number of hydrogen-bond acceptors (Lipinski definition) is 3. The van der Waals surface area contributed by atoms with Crippen LogP contribution in [-0.2, 0) is 11.3 Å². The van der Waals surface area contributed by atoms with Crippen molar-refractivity contribution in [2.45, 2.75) is 31.9 Å². The molecule has 1 aliphatic rings. The van der Waals surface area contributed by atoms with Gasteiger partial charge in [0.25, 0.3) is 0 Å². The van der Waals surface area contributed by atoms with Gasteiger partial charge in [-0.1, -0.05) is 31.2 Å². The van der Waals surface area contributed by atoms with Crippen LogP contribution in [0, 0.1) is 0 Å². The second kappa shape index (κ2) is 6.32. The van der Waals surface area contributed by atoms with Crippen molar-refractivity contribution in [2.75, 3.05) is 26.7 Å². The van der Waals surface area contributed by atoms with Gasteiger partial charge < -0.3 is 10.5 Å². The number of ether oxygens (including phenoxy) is 1. The Hall–Kier alpha value is -0.900. The number of nitrogens with zero attached hydrogens (tertiary/aromatic N) is 1. The molecular weight excluding hydrogens is 224 g/mol. The Kier molecular flexibility index (Phi) is 4.75. The van der Waals surface area contributed by atoms with E-state index in [2.05, 4.69) is 36.1 Å². The zero-order chi connectivity index (χ0) is 13.0. The van der Waals surface area contributed by atoms with Gasteiger partial charge in [0.15, 0.2) is 0 Å². The molecule has 2 unspecified atom stereocenters. The molecule has 2 N–H and O–H groups in total. The minimum Gasteiger partial charge on any atom is -0.380 e. The molecule has 0 radical (unpaired) electrons. The van der Waals surface area contributed by atoms with Crippen LogP contribution in [0.2, 0.25) is 0 Å². The van der Waals surface area contributed by atoms with Crippen molar-refractivity contribution in [3.63, 3.8) is 0 Å². The summed E-state index contributed by atoms with van der Waals surface area (Å²) in [6.07, 6.45) is 1.57. The van der Waals surface area contributed by atoms with Crippen molar-refractivity contribution < 1.29 is 4.74 Å². The molecule has 0 bridgehead atoms. The van der Waals surface area contributed by atoms with Gasteiger partial charge in [0.2, 0.25) is 0 Å². The van der Waals surface area contributed by atoms with Crippen molar-refractivity contribution in [2.24, 2.45) is 5.73 Å². The lowest BCUT2D eigenvalue weighted by Crippen LogP contribution is -2.22. The Labute approximate surface area is 110 Å². The molecule has 1 aromatic carbocycles. The van der Waals surface area contributed by atoms with E-state index in [4.69, 9.17) is 10.5 Å². The number of benzene rings is 1. The minimum absolute atomic E-state index is 0.418. The molecular formula is C15H24N2O. The van der Waals surface area contributed by atoms with E-state index < -0.39 is 0 Å². The van der Waals surface area contributed by atoms with Crippen LogP contribution in [0.3, 0.4) is 0 Å². The van der Waals surface area contributed by atoms with Crippen molar-refractivity contribution in [3.8, 4) is 0 Å². The van der Waals surface area contributed by atoms with Crippen LogP contribution >= 0.6 is 0 Å². The molecule has 0 amide bonds. The molecule has 100 valence electrons. The molecule has 1 saturated heterocycles. The number of hydrogen-bond donors (Lipinski definition) is 1. The van der Waals surface area contributed by atoms with E-state index in [1.165, 1.54) is 11.1 Å². The van der Waals surface area contributed by atoms with Gasteiger partial charge in [0.05, 0.1) is 6.10 Å². The second-order valence-electron chi connectivity index (χ2n) is 5.26. The van der Waals surface area contributed by atoms with Crippen LogP contribution in [0.15, 0.2) is 24.3 Å². The Morgan fingerprint density at radius 1 is 1.39 bits per heavy atom. The van der Waals surface area contributed by atoms with Crippen molar-refractivity contribution in [1.82, 2.24) is 4.90 Å². The fourth-order valence-electron chi connectivity index (χ4n) is 2.48. The van der Waals surface area contributed by atoms with Crippen molar-refractivity contribution in [1.29, 1.82) is 0 Å². The van der Waals surface area contributed by atoms with Gasteiger partial charge in [-0.3, -0.25) is 4.90 Å². The zero-order valence-corrected chi connectivity index (χ0v) is 11.4. The van der Waals surface area contributed by atoms with Gasteiger partial charge in [0.1, 0.15) is 0 Å². The van der Waals surface area contributed by atoms with E-state index in [0.29, 0.717) is 18.6 Å². The molecule has 0 spiro atoms. The first-order chi connectivity index (χ1) is 8.72. The summed E-state index contributed by atoms with van der Waals surface area (Å²) >= 11 is 0. The maximum atomic E-state index is 5.68. The molecule has 0 aromatic heterocycles. The van der Waals surface area contributed by atoms with E-state index in [-0.39, 0.29) is 0 Å². The molecule has 1 aliphatic heterocycles. The average molecular weight is 248 g/mol. The number of nitrogens with two attached hydrogens (primary N) is 1. The number of likely N-dealkylation sites (tertiary alicyclic amines) is 1. The predicted octanol–water partition coefficient (Wildman–Crippen LogP) is 1.97. The summed E-state index contributed by atoms with van der Waals surface area (Å²) in [5.74, 6) is 0.448. The summed E-state index contributed by atoms with van der Waals surface area (Å²) in [4.78, 5) is 2.45. The number of methoxy groups -OCH3 is 1. The van der Waals surface area contributed by atoms with Gasteiger partial charge in [-0.2, -0.15) is 0 Å². The molecule has 2 atom stereocenters. The molecule has 3 heteroatoms. The summed E-state index contributed by atoms with van der Waals surface area (Å²) in [5.41, 5.74) is 8.39. The first kappa shape index (κ1) is 13.5. The van der Waals surface area contributed by atoms with Crippen molar-refractivity contribution >= 4 is 0 Å². The highest BCUT2D eigenvalue weighted by molar-refractivity contribution is 5.25. The molecule has 1 fully saturated rings. The van der Waals surface area contributed by atoms with E-state index in [9.17, 15) is 0 Å². The topological polar surface area (TPSA) is 38.5 Å². The smallest absolute Gasteiger partial charge is 0.0710 e. The van der Waals surface area contributed by atoms with Gasteiger partial charge in [-0.25, -0.2) is 0 Å². The van der Waals surface area contributed by atoms with E-state index >= 15 is 0 Å². The van der Waals surface area contributed by atoms with E-state index in [1.807, 2.05) is 0 Å². The van der Waals surface area contributed by atoms with Crippen LogP contribution in [0.25, 0.3) is 0 Å². The lowest BCUT2D eigenvalue weighted by Gasteiger charge is -2.16. The summed E-state index contributed by atoms with van der Waals surface area (Å²) in [6, 6.07) is 8.86. The fourth-order valence-corrected chi connectivity index (χ4v) is 2.48. The zero-order valence-electron chi connectivity index (χ0n) is 11.4. The standard InChI is InChI=1S/C15H24N2O/c1-12(9-16)14-5-3-13(4-6-14)10-17-8-7-15(11-17)18-2/h3-6,12,15H,7-11,16H2,1-2H3. The molecule has 18 heavy (non-hydrogen) atoms. The Morgan fingerprint density at radius 3 is 2.67 bits per heavy atom. The van der Waals surface area contributed by atoms with Crippen LogP contribution < -0.4 is 5.73 Å². The Morgan fingerprint density at radius 2 is 2.11 bits per heavy atom. The van der Waals surface area contributed by atoms with Crippen LogP contribution in [0.1, 0.15) is 30.4 Å². The largest absolute Gasteiger partial charge is 0.380 e. The average Bonchev–Trinajstić information content (AvgIpc) is 2.86.